The molecule has 2 N–H and O–H groups in total. The van der Waals surface area contributed by atoms with E-state index in [1.54, 1.807) is 11.8 Å². The van der Waals surface area contributed by atoms with Crippen LogP contribution in [0.25, 0.3) is 4.91 Å². The molecule has 0 aliphatic rings. The summed E-state index contributed by atoms with van der Waals surface area (Å²) in [7, 11) is 0. The van der Waals surface area contributed by atoms with Crippen molar-refractivity contribution in [1.29, 1.82) is 5.26 Å². The van der Waals surface area contributed by atoms with Gasteiger partial charge in [-0.2, -0.15) is 5.26 Å². The van der Waals surface area contributed by atoms with Crippen LogP contribution in [-0.2, 0) is 11.8 Å². The minimum absolute atomic E-state index is 0.417. The number of anilines is 1. The van der Waals surface area contributed by atoms with Crippen molar-refractivity contribution >= 4 is 22.4 Å². The molecule has 0 amide bonds. The fraction of sp³-hybridized carbons (Fsp3) is 0.320. The number of nitrogen functional groups attached to an aromatic ring is 1. The minimum atomic E-state index is -0.417. The quantitative estimate of drug-likeness (QED) is 0.448. The molecule has 148 valence electrons. The van der Waals surface area contributed by atoms with Gasteiger partial charge in [-0.1, -0.05) is 49.1 Å². The van der Waals surface area contributed by atoms with Gasteiger partial charge in [-0.05, 0) is 81.2 Å². The summed E-state index contributed by atoms with van der Waals surface area (Å²) >= 11 is 1.64. The zero-order valence-corrected chi connectivity index (χ0v) is 18.8. The summed E-state index contributed by atoms with van der Waals surface area (Å²) in [6, 6.07) is 14.5. The number of nitriles is 1. The highest BCUT2D eigenvalue weighted by Gasteiger charge is 2.19. The van der Waals surface area contributed by atoms with Crippen molar-refractivity contribution in [3.63, 3.8) is 0 Å². The summed E-state index contributed by atoms with van der Waals surface area (Å²) in [5.74, 6) is 0. The Morgan fingerprint density at radius 3 is 2.14 bits per heavy atom. The van der Waals surface area contributed by atoms with Crippen LogP contribution >= 0.6 is 11.8 Å². The molecular formula is C25H32N2S. The van der Waals surface area contributed by atoms with Gasteiger partial charge in [0.05, 0.1) is 11.5 Å². The fourth-order valence-electron chi connectivity index (χ4n) is 2.67. The normalized spacial score (nSPS) is 10.5. The Morgan fingerprint density at radius 1 is 1.11 bits per heavy atom. The minimum Gasteiger partial charge on any atom is -0.399 e. The molecule has 0 fully saturated rings. The summed E-state index contributed by atoms with van der Waals surface area (Å²) < 4.78 is 0. The summed E-state index contributed by atoms with van der Waals surface area (Å²) in [4.78, 5) is 1.05. The van der Waals surface area contributed by atoms with E-state index in [4.69, 9.17) is 11.0 Å². The smallest absolute Gasteiger partial charge is 0.0766 e. The maximum atomic E-state index is 9.00. The third kappa shape index (κ3) is 6.62. The first-order chi connectivity index (χ1) is 13.0. The topological polar surface area (TPSA) is 49.8 Å². The number of hydrogen-bond donors (Lipinski definition) is 1. The second kappa shape index (κ2) is 10.2. The van der Waals surface area contributed by atoms with Gasteiger partial charge >= 0.3 is 0 Å². The zero-order chi connectivity index (χ0) is 21.5. The highest BCUT2D eigenvalue weighted by atomic mass is 32.2. The van der Waals surface area contributed by atoms with E-state index in [-0.39, 0.29) is 0 Å². The monoisotopic (exact) mass is 392 g/mol. The molecule has 0 aromatic heterocycles. The van der Waals surface area contributed by atoms with Gasteiger partial charge in [0.25, 0.3) is 0 Å². The first-order valence-corrected chi connectivity index (χ1v) is 10.5. The van der Waals surface area contributed by atoms with Crippen LogP contribution in [0.4, 0.5) is 5.69 Å². The molecule has 0 unspecified atom stereocenters. The molecule has 2 rings (SSSR count). The Bertz CT molecular complexity index is 884. The summed E-state index contributed by atoms with van der Waals surface area (Å²) in [6.07, 6.45) is 2.96. The third-order valence-electron chi connectivity index (χ3n) is 4.67. The standard InChI is InChI=1S/C13H15NS.C12H17N/c1-10(15-4)11-5-7-12(8-6-11)13(2,3)9-14;1-8(2)5-11-6-10(4)12(13)7-9(11)3/h5-8H,1H2,2-4H3;6-7H,1,5,13H2,2-4H3. The molecule has 0 aliphatic carbocycles. The molecule has 0 saturated heterocycles. The Hall–Kier alpha value is -2.44. The number of thioether (sulfide) groups is 1. The van der Waals surface area contributed by atoms with E-state index >= 15 is 0 Å². The van der Waals surface area contributed by atoms with E-state index in [2.05, 4.69) is 32.2 Å². The van der Waals surface area contributed by atoms with Crippen molar-refractivity contribution in [3.05, 3.63) is 82.9 Å². The average molecular weight is 393 g/mol. The van der Waals surface area contributed by atoms with Crippen LogP contribution in [0.5, 0.6) is 0 Å². The molecule has 0 atom stereocenters. The molecule has 0 bridgehead atoms. The number of allylic oxidation sites excluding steroid dienone is 1. The number of nitrogens with two attached hydrogens (primary N) is 1. The lowest BCUT2D eigenvalue weighted by molar-refractivity contribution is 0.687. The largest absolute Gasteiger partial charge is 0.399 e. The van der Waals surface area contributed by atoms with Gasteiger partial charge in [0.15, 0.2) is 0 Å². The van der Waals surface area contributed by atoms with Gasteiger partial charge in [0, 0.05) is 10.6 Å². The lowest BCUT2D eigenvalue weighted by atomic mass is 9.86. The van der Waals surface area contributed by atoms with E-state index in [1.807, 2.05) is 64.3 Å². The molecule has 3 heteroatoms. The maximum Gasteiger partial charge on any atom is 0.0766 e. The van der Waals surface area contributed by atoms with Crippen molar-refractivity contribution in [2.24, 2.45) is 0 Å². The van der Waals surface area contributed by atoms with Crippen LogP contribution in [0, 0.1) is 25.2 Å². The SMILES string of the molecule is C=C(C)Cc1cc(C)c(N)cc1C.C=C(SC)c1ccc(C(C)(C)C#N)cc1. The number of benzene rings is 2. The van der Waals surface area contributed by atoms with Gasteiger partial charge in [0.1, 0.15) is 0 Å². The van der Waals surface area contributed by atoms with Crippen molar-refractivity contribution in [2.45, 2.75) is 46.5 Å². The number of rotatable bonds is 5. The van der Waals surface area contributed by atoms with E-state index in [9.17, 15) is 0 Å². The summed E-state index contributed by atoms with van der Waals surface area (Å²) in [5, 5.41) is 9.00. The van der Waals surface area contributed by atoms with Gasteiger partial charge in [0.2, 0.25) is 0 Å². The van der Waals surface area contributed by atoms with Crippen molar-refractivity contribution in [1.82, 2.24) is 0 Å². The van der Waals surface area contributed by atoms with Crippen LogP contribution < -0.4 is 5.73 Å². The number of nitrogens with zero attached hydrogens (tertiary/aromatic N) is 1. The number of hydrogen-bond acceptors (Lipinski definition) is 3. The van der Waals surface area contributed by atoms with Crippen LogP contribution in [-0.4, -0.2) is 6.26 Å². The molecule has 0 spiro atoms. The molecule has 2 aromatic carbocycles. The van der Waals surface area contributed by atoms with Crippen LogP contribution in [0.3, 0.4) is 0 Å². The molecule has 0 aliphatic heterocycles. The number of aryl methyl sites for hydroxylation is 2. The second-order valence-corrected chi connectivity index (χ2v) is 8.61. The summed E-state index contributed by atoms with van der Waals surface area (Å²) in [6.45, 7) is 17.9. The van der Waals surface area contributed by atoms with E-state index in [0.717, 1.165) is 33.7 Å². The molecule has 2 aromatic rings. The van der Waals surface area contributed by atoms with Gasteiger partial charge < -0.3 is 5.73 Å². The van der Waals surface area contributed by atoms with Crippen molar-refractivity contribution in [3.8, 4) is 6.07 Å². The van der Waals surface area contributed by atoms with Crippen molar-refractivity contribution < 1.29 is 0 Å². The lowest BCUT2D eigenvalue weighted by Crippen LogP contribution is -2.13. The van der Waals surface area contributed by atoms with Crippen molar-refractivity contribution in [2.75, 3.05) is 12.0 Å². The molecule has 0 radical (unpaired) electrons. The van der Waals surface area contributed by atoms with Gasteiger partial charge in [-0.3, -0.25) is 0 Å². The first kappa shape index (κ1) is 23.6. The Morgan fingerprint density at radius 2 is 1.68 bits per heavy atom. The van der Waals surface area contributed by atoms with Gasteiger partial charge in [-0.25, -0.2) is 0 Å². The zero-order valence-electron chi connectivity index (χ0n) is 18.0. The van der Waals surface area contributed by atoms with E-state index in [0.29, 0.717) is 0 Å². The first-order valence-electron chi connectivity index (χ1n) is 9.26. The predicted octanol–water partition coefficient (Wildman–Crippen LogP) is 6.83. The van der Waals surface area contributed by atoms with E-state index < -0.39 is 5.41 Å². The summed E-state index contributed by atoms with van der Waals surface area (Å²) in [5.41, 5.74) is 13.4. The second-order valence-electron chi connectivity index (χ2n) is 7.71. The highest BCUT2D eigenvalue weighted by molar-refractivity contribution is 8.07. The molecular weight excluding hydrogens is 360 g/mol. The average Bonchev–Trinajstić information content (AvgIpc) is 2.65. The third-order valence-corrected chi connectivity index (χ3v) is 5.40. The van der Waals surface area contributed by atoms with Crippen LogP contribution in [0.2, 0.25) is 0 Å². The van der Waals surface area contributed by atoms with Gasteiger partial charge in [-0.15, -0.1) is 11.8 Å². The van der Waals surface area contributed by atoms with Crippen LogP contribution in [0.1, 0.15) is 48.6 Å². The molecule has 0 saturated carbocycles. The molecule has 2 nitrogen and oxygen atoms in total. The predicted molar refractivity (Wildman–Crippen MR) is 126 cm³/mol. The van der Waals surface area contributed by atoms with E-state index in [1.165, 1.54) is 16.7 Å². The highest BCUT2D eigenvalue weighted by Crippen LogP contribution is 2.27. The Balaban J connectivity index is 0.000000283. The lowest BCUT2D eigenvalue weighted by Gasteiger charge is -2.16. The maximum absolute atomic E-state index is 9.00. The Kier molecular flexibility index (Phi) is 8.60. The Labute approximate surface area is 175 Å². The fourth-order valence-corrected chi connectivity index (χ4v) is 3.04. The molecule has 28 heavy (non-hydrogen) atoms. The molecule has 0 heterocycles. The van der Waals surface area contributed by atoms with Crippen LogP contribution in [0.15, 0.2) is 55.1 Å².